The van der Waals surface area contributed by atoms with Crippen LogP contribution in [0.25, 0.3) is 0 Å². The van der Waals surface area contributed by atoms with Crippen molar-refractivity contribution in [1.82, 2.24) is 15.2 Å². The van der Waals surface area contributed by atoms with Crippen molar-refractivity contribution in [2.75, 3.05) is 18.1 Å². The SMILES string of the molecule is C=CC(=O)N1CCCCC1C(=O)N(c1ccc(C(C)(C)C)cc1)C(C(=O)NC(CO)Cc1ccc(O)cc1)c1cccnc1. The van der Waals surface area contributed by atoms with Gasteiger partial charge in [0.2, 0.25) is 11.8 Å². The van der Waals surface area contributed by atoms with Gasteiger partial charge < -0.3 is 20.4 Å². The first-order valence-electron chi connectivity index (χ1n) is 15.0. The van der Waals surface area contributed by atoms with Crippen molar-refractivity contribution in [3.05, 3.63) is 102 Å². The molecule has 1 aliphatic heterocycles. The molecule has 2 aromatic carbocycles. The summed E-state index contributed by atoms with van der Waals surface area (Å²) in [5.74, 6) is -1.09. The van der Waals surface area contributed by atoms with Crippen LogP contribution in [0.3, 0.4) is 0 Å². The van der Waals surface area contributed by atoms with Crippen LogP contribution in [0.5, 0.6) is 5.75 Å². The number of aliphatic hydroxyl groups is 1. The fourth-order valence-electron chi connectivity index (χ4n) is 5.57. The lowest BCUT2D eigenvalue weighted by Gasteiger charge is -2.40. The van der Waals surface area contributed by atoms with Crippen LogP contribution in [-0.2, 0) is 26.2 Å². The van der Waals surface area contributed by atoms with E-state index in [1.165, 1.54) is 15.9 Å². The van der Waals surface area contributed by atoms with Gasteiger partial charge in [-0.15, -0.1) is 0 Å². The molecule has 232 valence electrons. The molecule has 2 heterocycles. The van der Waals surface area contributed by atoms with E-state index >= 15 is 0 Å². The predicted octanol–water partition coefficient (Wildman–Crippen LogP) is 4.45. The minimum atomic E-state index is -1.15. The third-order valence-corrected chi connectivity index (χ3v) is 7.99. The maximum atomic E-state index is 14.6. The van der Waals surface area contributed by atoms with E-state index in [1.54, 1.807) is 48.8 Å². The van der Waals surface area contributed by atoms with Crippen LogP contribution in [0.15, 0.2) is 85.7 Å². The normalized spacial score (nSPS) is 16.5. The highest BCUT2D eigenvalue weighted by Crippen LogP contribution is 2.33. The number of likely N-dealkylation sites (tertiary alicyclic amines) is 1. The molecule has 44 heavy (non-hydrogen) atoms. The Morgan fingerprint density at radius 3 is 2.39 bits per heavy atom. The Labute approximate surface area is 259 Å². The summed E-state index contributed by atoms with van der Waals surface area (Å²) in [5.41, 5.74) is 2.73. The summed E-state index contributed by atoms with van der Waals surface area (Å²) in [5, 5.41) is 22.8. The van der Waals surface area contributed by atoms with E-state index in [0.717, 1.165) is 24.0 Å². The molecule has 0 aliphatic carbocycles. The van der Waals surface area contributed by atoms with E-state index in [4.69, 9.17) is 0 Å². The Kier molecular flexibility index (Phi) is 10.5. The van der Waals surface area contributed by atoms with Crippen molar-refractivity contribution >= 4 is 23.4 Å². The van der Waals surface area contributed by atoms with Gasteiger partial charge in [-0.3, -0.25) is 24.3 Å². The number of piperidine rings is 1. The van der Waals surface area contributed by atoms with Gasteiger partial charge in [0.05, 0.1) is 12.6 Å². The minimum Gasteiger partial charge on any atom is -0.508 e. The number of phenolic OH excluding ortho intramolecular Hbond substituents is 1. The van der Waals surface area contributed by atoms with Crippen molar-refractivity contribution in [1.29, 1.82) is 0 Å². The van der Waals surface area contributed by atoms with Crippen LogP contribution in [0.1, 0.15) is 62.8 Å². The van der Waals surface area contributed by atoms with Crippen LogP contribution in [0, 0.1) is 0 Å². The molecular weight excluding hydrogens is 556 g/mol. The molecule has 9 nitrogen and oxygen atoms in total. The van der Waals surface area contributed by atoms with Crippen LogP contribution in [-0.4, -0.2) is 63.1 Å². The van der Waals surface area contributed by atoms with E-state index in [-0.39, 0.29) is 29.6 Å². The molecular formula is C35H42N4O5. The lowest BCUT2D eigenvalue weighted by atomic mass is 9.87. The maximum absolute atomic E-state index is 14.6. The van der Waals surface area contributed by atoms with Gasteiger partial charge in [0.1, 0.15) is 17.8 Å². The molecule has 3 atom stereocenters. The summed E-state index contributed by atoms with van der Waals surface area (Å²) >= 11 is 0. The Balaban J connectivity index is 1.78. The second-order valence-electron chi connectivity index (χ2n) is 12.2. The molecule has 3 N–H and O–H groups in total. The summed E-state index contributed by atoms with van der Waals surface area (Å²) in [4.78, 5) is 49.0. The zero-order valence-corrected chi connectivity index (χ0v) is 25.6. The molecule has 1 aliphatic rings. The third-order valence-electron chi connectivity index (χ3n) is 7.99. The van der Waals surface area contributed by atoms with Crippen molar-refractivity contribution in [2.24, 2.45) is 0 Å². The fraction of sp³-hybridized carbons (Fsp3) is 0.371. The largest absolute Gasteiger partial charge is 0.508 e. The van der Waals surface area contributed by atoms with E-state index < -0.39 is 24.0 Å². The maximum Gasteiger partial charge on any atom is 0.250 e. The lowest BCUT2D eigenvalue weighted by Crippen LogP contribution is -2.56. The highest BCUT2D eigenvalue weighted by atomic mass is 16.3. The fourth-order valence-corrected chi connectivity index (χ4v) is 5.57. The first kappa shape index (κ1) is 32.4. The van der Waals surface area contributed by atoms with Crippen LogP contribution < -0.4 is 10.2 Å². The lowest BCUT2D eigenvalue weighted by molar-refractivity contribution is -0.138. The smallest absolute Gasteiger partial charge is 0.250 e. The topological polar surface area (TPSA) is 123 Å². The molecule has 3 unspecified atom stereocenters. The number of aromatic hydroxyl groups is 1. The van der Waals surface area contributed by atoms with Gasteiger partial charge in [-0.05, 0) is 78.6 Å². The van der Waals surface area contributed by atoms with E-state index in [1.807, 2.05) is 24.3 Å². The first-order valence-corrected chi connectivity index (χ1v) is 15.0. The highest BCUT2D eigenvalue weighted by molar-refractivity contribution is 6.05. The van der Waals surface area contributed by atoms with Gasteiger partial charge in [-0.2, -0.15) is 0 Å². The molecule has 0 spiro atoms. The molecule has 1 aromatic heterocycles. The number of hydrogen-bond acceptors (Lipinski definition) is 6. The van der Waals surface area contributed by atoms with E-state index in [9.17, 15) is 24.6 Å². The van der Waals surface area contributed by atoms with Crippen molar-refractivity contribution in [2.45, 2.75) is 70.0 Å². The standard InChI is InChI=1S/C35H42N4O5/c1-5-31(42)38-20-7-6-10-30(38)34(44)39(28-15-13-26(14-16-28)35(2,3)4)32(25-9-8-19-36-22-25)33(43)37-27(23-40)21-24-11-17-29(41)18-12-24/h5,8-9,11-19,22,27,30,32,40-41H,1,6-7,10,20-21,23H2,2-4H3,(H,37,43). The van der Waals surface area contributed by atoms with Gasteiger partial charge in [0.25, 0.3) is 5.91 Å². The molecule has 0 radical (unpaired) electrons. The molecule has 3 amide bonds. The average Bonchev–Trinajstić information content (AvgIpc) is 3.03. The number of hydrogen-bond donors (Lipinski definition) is 3. The molecule has 9 heteroatoms. The Hall–Kier alpha value is -4.50. The molecule has 0 saturated carbocycles. The van der Waals surface area contributed by atoms with Gasteiger partial charge in [0.15, 0.2) is 0 Å². The number of rotatable bonds is 10. The quantitative estimate of drug-likeness (QED) is 0.297. The molecule has 1 saturated heterocycles. The summed E-state index contributed by atoms with van der Waals surface area (Å²) in [7, 11) is 0. The number of carbonyl (C=O) groups is 3. The summed E-state index contributed by atoms with van der Waals surface area (Å²) in [6.45, 7) is 10.0. The third kappa shape index (κ3) is 7.71. The number of nitrogens with zero attached hydrogens (tertiary/aromatic N) is 3. The minimum absolute atomic E-state index is 0.119. The van der Waals surface area contributed by atoms with Crippen molar-refractivity contribution in [3.63, 3.8) is 0 Å². The monoisotopic (exact) mass is 598 g/mol. The Morgan fingerprint density at radius 1 is 1.09 bits per heavy atom. The van der Waals surface area contributed by atoms with Crippen LogP contribution in [0.2, 0.25) is 0 Å². The number of carbonyl (C=O) groups excluding carboxylic acids is 3. The Bertz CT molecular complexity index is 1430. The molecule has 1 fully saturated rings. The number of aliphatic hydroxyl groups excluding tert-OH is 1. The van der Waals surface area contributed by atoms with E-state index in [2.05, 4.69) is 37.7 Å². The average molecular weight is 599 g/mol. The van der Waals surface area contributed by atoms with Gasteiger partial charge in [0, 0.05) is 30.2 Å². The Morgan fingerprint density at radius 2 is 1.80 bits per heavy atom. The van der Waals surface area contributed by atoms with E-state index in [0.29, 0.717) is 30.6 Å². The summed E-state index contributed by atoms with van der Waals surface area (Å²) < 4.78 is 0. The van der Waals surface area contributed by atoms with Gasteiger partial charge >= 0.3 is 0 Å². The number of phenols is 1. The summed E-state index contributed by atoms with van der Waals surface area (Å²) in [6.07, 6.45) is 6.65. The zero-order valence-electron chi connectivity index (χ0n) is 25.6. The van der Waals surface area contributed by atoms with Crippen molar-refractivity contribution < 1.29 is 24.6 Å². The second-order valence-corrected chi connectivity index (χ2v) is 12.2. The van der Waals surface area contributed by atoms with Crippen molar-refractivity contribution in [3.8, 4) is 5.75 Å². The van der Waals surface area contributed by atoms with Gasteiger partial charge in [-0.25, -0.2) is 0 Å². The van der Waals surface area contributed by atoms with Crippen LogP contribution in [0.4, 0.5) is 5.69 Å². The van der Waals surface area contributed by atoms with Crippen LogP contribution >= 0.6 is 0 Å². The number of benzene rings is 2. The summed E-state index contributed by atoms with van der Waals surface area (Å²) in [6, 6.07) is 15.0. The number of pyridine rings is 1. The second kappa shape index (κ2) is 14.3. The predicted molar refractivity (Wildman–Crippen MR) is 170 cm³/mol. The number of anilines is 1. The molecule has 0 bridgehead atoms. The zero-order chi connectivity index (χ0) is 31.9. The van der Waals surface area contributed by atoms with Gasteiger partial charge in [-0.1, -0.05) is 57.7 Å². The molecule has 4 rings (SSSR count). The number of nitrogens with one attached hydrogen (secondary N) is 1. The molecule has 3 aromatic rings. The first-order chi connectivity index (χ1) is 21.0. The number of amides is 3. The highest BCUT2D eigenvalue weighted by Gasteiger charge is 2.40. The number of aromatic nitrogens is 1.